The second-order valence-corrected chi connectivity index (χ2v) is 7.38. The summed E-state index contributed by atoms with van der Waals surface area (Å²) in [6.45, 7) is 2.59. The van der Waals surface area contributed by atoms with Crippen LogP contribution in [0.2, 0.25) is 0 Å². The number of carbonyl (C=O) groups is 2. The van der Waals surface area contributed by atoms with Gasteiger partial charge >= 0.3 is 5.97 Å². The van der Waals surface area contributed by atoms with E-state index in [0.29, 0.717) is 11.7 Å². The fraction of sp³-hybridized carbons (Fsp3) is 0.474. The van der Waals surface area contributed by atoms with E-state index in [1.165, 1.54) is 18.9 Å². The van der Waals surface area contributed by atoms with Gasteiger partial charge in [-0.2, -0.15) is 0 Å². The SMILES string of the molecule is CC[C@H](c1nnc(SCC(=O)NCC(=O)OC)n1Cc1ccccc1)N(C)C. The number of hydrogen-bond donors (Lipinski definition) is 1. The minimum absolute atomic E-state index is 0.124. The molecular formula is C19H27N5O3S. The van der Waals surface area contributed by atoms with E-state index in [4.69, 9.17) is 0 Å². The number of hydrogen-bond acceptors (Lipinski definition) is 7. The van der Waals surface area contributed by atoms with Crippen molar-refractivity contribution in [2.24, 2.45) is 0 Å². The minimum Gasteiger partial charge on any atom is -0.468 e. The van der Waals surface area contributed by atoms with E-state index in [0.717, 1.165) is 17.8 Å². The second kappa shape index (κ2) is 10.8. The number of nitrogens with zero attached hydrogens (tertiary/aromatic N) is 4. The average Bonchev–Trinajstić information content (AvgIpc) is 3.07. The predicted molar refractivity (Wildman–Crippen MR) is 108 cm³/mol. The van der Waals surface area contributed by atoms with Crippen molar-refractivity contribution in [2.75, 3.05) is 33.5 Å². The first-order chi connectivity index (χ1) is 13.5. The normalized spacial score (nSPS) is 12.0. The predicted octanol–water partition coefficient (Wildman–Crippen LogP) is 1.72. The number of nitrogens with one attached hydrogen (secondary N) is 1. The zero-order valence-corrected chi connectivity index (χ0v) is 17.5. The fourth-order valence-corrected chi connectivity index (χ4v) is 3.55. The molecule has 0 spiro atoms. The Bertz CT molecular complexity index is 779. The van der Waals surface area contributed by atoms with Gasteiger partial charge in [-0.05, 0) is 26.1 Å². The molecular weight excluding hydrogens is 378 g/mol. The van der Waals surface area contributed by atoms with Gasteiger partial charge < -0.3 is 14.6 Å². The Hall–Kier alpha value is -2.39. The average molecular weight is 406 g/mol. The van der Waals surface area contributed by atoms with E-state index < -0.39 is 5.97 Å². The molecule has 0 unspecified atom stereocenters. The number of methoxy groups -OCH3 is 1. The van der Waals surface area contributed by atoms with Crippen LogP contribution in [0.4, 0.5) is 0 Å². The zero-order chi connectivity index (χ0) is 20.5. The lowest BCUT2D eigenvalue weighted by Crippen LogP contribution is -2.31. The molecule has 0 aliphatic rings. The van der Waals surface area contributed by atoms with Gasteiger partial charge in [-0.15, -0.1) is 10.2 Å². The molecule has 1 heterocycles. The van der Waals surface area contributed by atoms with Crippen molar-refractivity contribution in [1.29, 1.82) is 0 Å². The van der Waals surface area contributed by atoms with Crippen LogP contribution in [0.3, 0.4) is 0 Å². The molecule has 1 N–H and O–H groups in total. The number of thioether (sulfide) groups is 1. The lowest BCUT2D eigenvalue weighted by molar-refractivity contribution is -0.140. The van der Waals surface area contributed by atoms with E-state index in [-0.39, 0.29) is 24.2 Å². The lowest BCUT2D eigenvalue weighted by Gasteiger charge is -2.23. The molecule has 0 bridgehead atoms. The second-order valence-electron chi connectivity index (χ2n) is 6.44. The van der Waals surface area contributed by atoms with Crippen molar-refractivity contribution in [3.63, 3.8) is 0 Å². The number of ether oxygens (including phenoxy) is 1. The number of benzene rings is 1. The molecule has 1 atom stereocenters. The smallest absolute Gasteiger partial charge is 0.325 e. The van der Waals surface area contributed by atoms with Crippen LogP contribution >= 0.6 is 11.8 Å². The standard InChI is InChI=1S/C19H27N5O3S/c1-5-15(23(2)3)18-21-22-19(24(18)12-14-9-7-6-8-10-14)28-13-16(25)20-11-17(26)27-4/h6-10,15H,5,11-13H2,1-4H3,(H,20,25)/t15-/m1/s1. The minimum atomic E-state index is -0.482. The van der Waals surface area contributed by atoms with Gasteiger partial charge in [0.25, 0.3) is 0 Å². The molecule has 0 fully saturated rings. The van der Waals surface area contributed by atoms with Gasteiger partial charge in [0.15, 0.2) is 11.0 Å². The van der Waals surface area contributed by atoms with Gasteiger partial charge in [-0.1, -0.05) is 49.0 Å². The molecule has 8 nitrogen and oxygen atoms in total. The highest BCUT2D eigenvalue weighted by molar-refractivity contribution is 7.99. The Morgan fingerprint density at radius 1 is 1.25 bits per heavy atom. The summed E-state index contributed by atoms with van der Waals surface area (Å²) < 4.78 is 6.58. The third-order valence-electron chi connectivity index (χ3n) is 4.23. The highest BCUT2D eigenvalue weighted by Gasteiger charge is 2.22. The zero-order valence-electron chi connectivity index (χ0n) is 16.7. The van der Waals surface area contributed by atoms with Crippen molar-refractivity contribution in [3.05, 3.63) is 41.7 Å². The first-order valence-electron chi connectivity index (χ1n) is 9.06. The monoisotopic (exact) mass is 405 g/mol. The van der Waals surface area contributed by atoms with Crippen molar-refractivity contribution in [1.82, 2.24) is 25.0 Å². The van der Waals surface area contributed by atoms with Crippen LogP contribution in [0.1, 0.15) is 30.8 Å². The Kier molecular flexibility index (Phi) is 8.46. The van der Waals surface area contributed by atoms with Gasteiger partial charge in [0, 0.05) is 0 Å². The van der Waals surface area contributed by atoms with Crippen molar-refractivity contribution >= 4 is 23.6 Å². The molecule has 1 aromatic carbocycles. The quantitative estimate of drug-likeness (QED) is 0.475. The van der Waals surface area contributed by atoms with Gasteiger partial charge in [-0.25, -0.2) is 0 Å². The molecule has 0 saturated heterocycles. The van der Waals surface area contributed by atoms with E-state index >= 15 is 0 Å². The van der Waals surface area contributed by atoms with Crippen LogP contribution in [-0.4, -0.2) is 65.0 Å². The van der Waals surface area contributed by atoms with E-state index in [2.05, 4.69) is 48.8 Å². The molecule has 0 saturated carbocycles. The molecule has 0 radical (unpaired) electrons. The molecule has 2 rings (SSSR count). The van der Waals surface area contributed by atoms with Crippen molar-refractivity contribution < 1.29 is 14.3 Å². The molecule has 9 heteroatoms. The molecule has 152 valence electrons. The van der Waals surface area contributed by atoms with Crippen molar-refractivity contribution in [2.45, 2.75) is 31.1 Å². The number of esters is 1. The maximum absolute atomic E-state index is 12.0. The summed E-state index contributed by atoms with van der Waals surface area (Å²) in [6, 6.07) is 10.2. The first-order valence-corrected chi connectivity index (χ1v) is 10.0. The Balaban J connectivity index is 2.17. The molecule has 1 amide bonds. The molecule has 1 aromatic heterocycles. The molecule has 0 aliphatic carbocycles. The number of carbonyl (C=O) groups excluding carboxylic acids is 2. The topological polar surface area (TPSA) is 89.4 Å². The molecule has 28 heavy (non-hydrogen) atoms. The van der Waals surface area contributed by atoms with Crippen LogP contribution in [0.15, 0.2) is 35.5 Å². The van der Waals surface area contributed by atoms with E-state index in [1.807, 2.05) is 32.3 Å². The third kappa shape index (κ3) is 6.07. The Morgan fingerprint density at radius 2 is 1.96 bits per heavy atom. The molecule has 0 aliphatic heterocycles. The highest BCUT2D eigenvalue weighted by Crippen LogP contribution is 2.26. The van der Waals surface area contributed by atoms with Crippen LogP contribution < -0.4 is 5.32 Å². The Morgan fingerprint density at radius 3 is 2.57 bits per heavy atom. The third-order valence-corrected chi connectivity index (χ3v) is 5.19. The van der Waals surface area contributed by atoms with Crippen LogP contribution in [0, 0.1) is 0 Å². The summed E-state index contributed by atoms with van der Waals surface area (Å²) >= 11 is 1.30. The van der Waals surface area contributed by atoms with Gasteiger partial charge in [0.1, 0.15) is 6.54 Å². The number of aromatic nitrogens is 3. The maximum Gasteiger partial charge on any atom is 0.325 e. The largest absolute Gasteiger partial charge is 0.468 e. The van der Waals surface area contributed by atoms with Gasteiger partial charge in [0.05, 0.1) is 25.4 Å². The first kappa shape index (κ1) is 21.9. The van der Waals surface area contributed by atoms with Crippen LogP contribution in [-0.2, 0) is 20.9 Å². The lowest BCUT2D eigenvalue weighted by atomic mass is 10.2. The maximum atomic E-state index is 12.0. The summed E-state index contributed by atoms with van der Waals surface area (Å²) in [7, 11) is 5.32. The number of rotatable bonds is 10. The van der Waals surface area contributed by atoms with Gasteiger partial charge in [0.2, 0.25) is 5.91 Å². The summed E-state index contributed by atoms with van der Waals surface area (Å²) in [5.74, 6) is 0.271. The summed E-state index contributed by atoms with van der Waals surface area (Å²) in [6.07, 6.45) is 0.893. The van der Waals surface area contributed by atoms with Crippen molar-refractivity contribution in [3.8, 4) is 0 Å². The fourth-order valence-electron chi connectivity index (χ4n) is 2.77. The molecule has 2 aromatic rings. The summed E-state index contributed by atoms with van der Waals surface area (Å²) in [5, 5.41) is 11.9. The summed E-state index contributed by atoms with van der Waals surface area (Å²) in [4.78, 5) is 25.3. The number of amides is 1. The van der Waals surface area contributed by atoms with Crippen LogP contribution in [0.5, 0.6) is 0 Å². The Labute approximate surface area is 169 Å². The van der Waals surface area contributed by atoms with E-state index in [1.54, 1.807) is 0 Å². The van der Waals surface area contributed by atoms with Crippen LogP contribution in [0.25, 0.3) is 0 Å². The summed E-state index contributed by atoms with van der Waals surface area (Å²) in [5.41, 5.74) is 1.13. The van der Waals surface area contributed by atoms with E-state index in [9.17, 15) is 9.59 Å². The highest BCUT2D eigenvalue weighted by atomic mass is 32.2. The van der Waals surface area contributed by atoms with Gasteiger partial charge in [-0.3, -0.25) is 14.5 Å².